The fraction of sp³-hybridized carbons (Fsp3) is 0.167. The average molecular weight is 303 g/mol. The van der Waals surface area contributed by atoms with Gasteiger partial charge in [-0.05, 0) is 16.8 Å². The Hall–Kier alpha value is -1.93. The zero-order valence-corrected chi connectivity index (χ0v) is 10.6. The highest BCUT2D eigenvalue weighted by Crippen LogP contribution is 2.45. The summed E-state index contributed by atoms with van der Waals surface area (Å²) >= 11 is 0.994. The predicted molar refractivity (Wildman–Crippen MR) is 66.5 cm³/mol. The third-order valence-electron chi connectivity index (χ3n) is 2.82. The Bertz CT molecular complexity index is 627. The quantitative estimate of drug-likeness (QED) is 0.697. The van der Waals surface area contributed by atoms with Crippen LogP contribution in [0.5, 0.6) is 0 Å². The number of alkyl halides is 3. The number of hydrogen-bond acceptors (Lipinski definition) is 4. The van der Waals surface area contributed by atoms with Crippen molar-refractivity contribution in [1.82, 2.24) is 0 Å². The van der Waals surface area contributed by atoms with Crippen molar-refractivity contribution < 1.29 is 23.2 Å². The van der Waals surface area contributed by atoms with Gasteiger partial charge in [-0.2, -0.15) is 24.5 Å². The van der Waals surface area contributed by atoms with Crippen molar-refractivity contribution in [2.24, 2.45) is 0 Å². The van der Waals surface area contributed by atoms with E-state index in [4.69, 9.17) is 0 Å². The van der Waals surface area contributed by atoms with E-state index in [0.717, 1.165) is 47.0 Å². The first-order chi connectivity index (χ1) is 9.26. The van der Waals surface area contributed by atoms with Crippen LogP contribution in [0.1, 0.15) is 11.1 Å². The fourth-order valence-corrected chi connectivity index (χ4v) is 2.51. The molecule has 0 saturated carbocycles. The first-order valence-electron chi connectivity index (χ1n) is 5.33. The number of nitro groups is 1. The molecule has 1 atom stereocenters. The van der Waals surface area contributed by atoms with E-state index in [2.05, 4.69) is 0 Å². The molecule has 1 unspecified atom stereocenters. The molecule has 0 fully saturated rings. The van der Waals surface area contributed by atoms with Gasteiger partial charge in [-0.25, -0.2) is 0 Å². The summed E-state index contributed by atoms with van der Waals surface area (Å²) < 4.78 is 39.8. The minimum atomic E-state index is -5.00. The zero-order valence-electron chi connectivity index (χ0n) is 9.79. The van der Waals surface area contributed by atoms with Crippen LogP contribution in [0.4, 0.5) is 18.9 Å². The molecule has 2 aromatic rings. The van der Waals surface area contributed by atoms with Gasteiger partial charge in [0, 0.05) is 23.3 Å². The summed E-state index contributed by atoms with van der Waals surface area (Å²) in [6, 6.07) is 5.05. The lowest BCUT2D eigenvalue weighted by Crippen LogP contribution is -2.43. The van der Waals surface area contributed by atoms with E-state index in [-0.39, 0.29) is 5.56 Å². The lowest BCUT2D eigenvalue weighted by atomic mass is 9.87. The van der Waals surface area contributed by atoms with Gasteiger partial charge in [0.05, 0.1) is 4.92 Å². The minimum absolute atomic E-state index is 0.365. The number of aliphatic hydroxyl groups is 1. The lowest BCUT2D eigenvalue weighted by Gasteiger charge is -2.30. The second-order valence-corrected chi connectivity index (χ2v) is 4.81. The zero-order chi connectivity index (χ0) is 15.0. The third kappa shape index (κ3) is 2.27. The van der Waals surface area contributed by atoms with Gasteiger partial charge in [-0.3, -0.25) is 10.1 Å². The molecular formula is C12H8F3NO3S. The Morgan fingerprint density at radius 1 is 1.20 bits per heavy atom. The Morgan fingerprint density at radius 2 is 1.90 bits per heavy atom. The SMILES string of the molecule is O=[N+]([O-])c1cccc(C(O)(c2ccsc2)C(F)(F)F)c1. The first kappa shape index (κ1) is 14.5. The number of nitro benzene ring substituents is 1. The first-order valence-corrected chi connectivity index (χ1v) is 6.28. The number of thiophene rings is 1. The molecule has 0 radical (unpaired) electrons. The summed E-state index contributed by atoms with van der Waals surface area (Å²) in [5, 5.41) is 23.4. The van der Waals surface area contributed by atoms with Gasteiger partial charge in [0.25, 0.3) is 5.69 Å². The fourth-order valence-electron chi connectivity index (χ4n) is 1.81. The maximum Gasteiger partial charge on any atom is 0.425 e. The molecule has 106 valence electrons. The summed E-state index contributed by atoms with van der Waals surface area (Å²) in [6.45, 7) is 0. The third-order valence-corrected chi connectivity index (χ3v) is 3.51. The normalized spacial score (nSPS) is 14.8. The van der Waals surface area contributed by atoms with Crippen LogP contribution in [-0.4, -0.2) is 16.2 Å². The topological polar surface area (TPSA) is 63.4 Å². The van der Waals surface area contributed by atoms with Gasteiger partial charge in [0.1, 0.15) is 0 Å². The monoisotopic (exact) mass is 303 g/mol. The van der Waals surface area contributed by atoms with Crippen LogP contribution >= 0.6 is 11.3 Å². The Balaban J connectivity index is 2.65. The highest BCUT2D eigenvalue weighted by Gasteiger charge is 2.56. The van der Waals surface area contributed by atoms with Gasteiger partial charge in [0.15, 0.2) is 0 Å². The van der Waals surface area contributed by atoms with Crippen LogP contribution in [0.25, 0.3) is 0 Å². The van der Waals surface area contributed by atoms with Gasteiger partial charge in [-0.1, -0.05) is 12.1 Å². The van der Waals surface area contributed by atoms with Crippen molar-refractivity contribution in [1.29, 1.82) is 0 Å². The van der Waals surface area contributed by atoms with E-state index in [1.165, 1.54) is 5.38 Å². The molecule has 0 bridgehead atoms. The second-order valence-electron chi connectivity index (χ2n) is 4.03. The smallest absolute Gasteiger partial charge is 0.372 e. The predicted octanol–water partition coefficient (Wildman–Crippen LogP) is 3.45. The van der Waals surface area contributed by atoms with Gasteiger partial charge in [0.2, 0.25) is 5.60 Å². The van der Waals surface area contributed by atoms with Crippen molar-refractivity contribution >= 4 is 17.0 Å². The van der Waals surface area contributed by atoms with Crippen molar-refractivity contribution in [3.05, 3.63) is 62.3 Å². The summed E-state index contributed by atoms with van der Waals surface area (Å²) in [6.07, 6.45) is -5.00. The minimum Gasteiger partial charge on any atom is -0.372 e. The van der Waals surface area contributed by atoms with E-state index in [1.807, 2.05) is 0 Å². The highest BCUT2D eigenvalue weighted by molar-refractivity contribution is 7.08. The maximum atomic E-state index is 13.3. The number of benzene rings is 1. The Labute approximate surface area is 115 Å². The molecule has 0 aliphatic rings. The number of halogens is 3. The number of hydrogen-bond donors (Lipinski definition) is 1. The molecule has 0 amide bonds. The Kier molecular flexibility index (Phi) is 3.53. The van der Waals surface area contributed by atoms with E-state index in [9.17, 15) is 28.4 Å². The van der Waals surface area contributed by atoms with E-state index >= 15 is 0 Å². The van der Waals surface area contributed by atoms with Crippen LogP contribution in [0.15, 0.2) is 41.1 Å². The van der Waals surface area contributed by atoms with Crippen molar-refractivity contribution in [3.63, 3.8) is 0 Å². The molecule has 1 aromatic carbocycles. The summed E-state index contributed by atoms with van der Waals surface area (Å²) in [5.41, 5.74) is -4.73. The van der Waals surface area contributed by atoms with E-state index < -0.39 is 28.0 Å². The summed E-state index contributed by atoms with van der Waals surface area (Å²) in [5.74, 6) is 0. The summed E-state index contributed by atoms with van der Waals surface area (Å²) in [4.78, 5) is 9.85. The molecule has 1 aromatic heterocycles. The average Bonchev–Trinajstić information content (AvgIpc) is 2.90. The lowest BCUT2D eigenvalue weighted by molar-refractivity contribution is -0.385. The van der Waals surface area contributed by atoms with Gasteiger partial charge in [-0.15, -0.1) is 0 Å². The van der Waals surface area contributed by atoms with Gasteiger partial charge >= 0.3 is 6.18 Å². The molecule has 8 heteroatoms. The number of non-ortho nitro benzene ring substituents is 1. The van der Waals surface area contributed by atoms with Gasteiger partial charge < -0.3 is 5.11 Å². The second kappa shape index (κ2) is 4.88. The molecule has 20 heavy (non-hydrogen) atoms. The van der Waals surface area contributed by atoms with Crippen LogP contribution in [0.3, 0.4) is 0 Å². The molecular weight excluding hydrogens is 295 g/mol. The molecule has 2 rings (SSSR count). The molecule has 4 nitrogen and oxygen atoms in total. The highest BCUT2D eigenvalue weighted by atomic mass is 32.1. The van der Waals surface area contributed by atoms with Crippen LogP contribution < -0.4 is 0 Å². The van der Waals surface area contributed by atoms with Crippen molar-refractivity contribution in [3.8, 4) is 0 Å². The van der Waals surface area contributed by atoms with Crippen LogP contribution in [-0.2, 0) is 5.60 Å². The largest absolute Gasteiger partial charge is 0.425 e. The van der Waals surface area contributed by atoms with Crippen molar-refractivity contribution in [2.45, 2.75) is 11.8 Å². The molecule has 0 aliphatic heterocycles. The molecule has 1 N–H and O–H groups in total. The van der Waals surface area contributed by atoms with E-state index in [0.29, 0.717) is 0 Å². The van der Waals surface area contributed by atoms with Crippen LogP contribution in [0.2, 0.25) is 0 Å². The molecule has 0 saturated heterocycles. The Morgan fingerprint density at radius 3 is 2.40 bits per heavy atom. The standard InChI is InChI=1S/C12H8F3NO3S/c13-12(14,15)11(17,9-4-5-20-7-9)8-2-1-3-10(6-8)16(18)19/h1-7,17H. The molecule has 0 spiro atoms. The van der Waals surface area contributed by atoms with Crippen LogP contribution in [0, 0.1) is 10.1 Å². The summed E-state index contributed by atoms with van der Waals surface area (Å²) in [7, 11) is 0. The number of rotatable bonds is 3. The van der Waals surface area contributed by atoms with Crippen molar-refractivity contribution in [2.75, 3.05) is 0 Å². The van der Waals surface area contributed by atoms with E-state index in [1.54, 1.807) is 0 Å². The molecule has 0 aliphatic carbocycles. The number of nitrogens with zero attached hydrogens (tertiary/aromatic N) is 1. The maximum absolute atomic E-state index is 13.3. The molecule has 1 heterocycles.